The van der Waals surface area contributed by atoms with E-state index in [4.69, 9.17) is 0 Å². The number of piperidine rings is 1. The molecule has 0 N–H and O–H groups in total. The van der Waals surface area contributed by atoms with E-state index in [1.807, 2.05) is 23.7 Å². The van der Waals surface area contributed by atoms with Crippen molar-refractivity contribution in [2.24, 2.45) is 7.05 Å². The van der Waals surface area contributed by atoms with Crippen LogP contribution in [-0.2, 0) is 13.6 Å². The fourth-order valence-corrected chi connectivity index (χ4v) is 4.97. The lowest BCUT2D eigenvalue weighted by Crippen LogP contribution is -2.41. The quantitative estimate of drug-likeness (QED) is 0.381. The zero-order valence-electron chi connectivity index (χ0n) is 19.9. The van der Waals surface area contributed by atoms with Crippen LogP contribution in [0.5, 0.6) is 0 Å². The highest BCUT2D eigenvalue weighted by atomic mass is 19.1. The fraction of sp³-hybridized carbons (Fsp3) is 0.321. The predicted molar refractivity (Wildman–Crippen MR) is 133 cm³/mol. The second-order valence-electron chi connectivity index (χ2n) is 9.52. The number of imidazole rings is 1. The Kier molecular flexibility index (Phi) is 6.19. The Bertz CT molecular complexity index is 1280. The molecule has 4 aromatic rings. The number of aryl methyl sites for hydroxylation is 1. The maximum Gasteiger partial charge on any atom is 0.141 e. The smallest absolute Gasteiger partial charge is 0.141 e. The number of fused-ring (bicyclic) bond motifs is 1. The third kappa shape index (κ3) is 4.61. The van der Waals surface area contributed by atoms with Gasteiger partial charge in [-0.25, -0.2) is 13.8 Å². The lowest BCUT2D eigenvalue weighted by molar-refractivity contribution is 0.140. The van der Waals surface area contributed by atoms with Crippen LogP contribution in [0.15, 0.2) is 60.7 Å². The third-order valence-corrected chi connectivity index (χ3v) is 6.98. The van der Waals surface area contributed by atoms with Gasteiger partial charge in [0.25, 0.3) is 0 Å². The third-order valence-electron chi connectivity index (χ3n) is 6.98. The van der Waals surface area contributed by atoms with Gasteiger partial charge in [-0.15, -0.1) is 0 Å². The lowest BCUT2D eigenvalue weighted by Gasteiger charge is -2.35. The minimum atomic E-state index is -0.607. The molecule has 1 saturated heterocycles. The molecule has 1 aromatic heterocycles. The van der Waals surface area contributed by atoms with Gasteiger partial charge in [0, 0.05) is 31.3 Å². The first-order valence-electron chi connectivity index (χ1n) is 11.8. The molecule has 0 radical (unpaired) electrons. The summed E-state index contributed by atoms with van der Waals surface area (Å²) in [4.78, 5) is 9.49. The van der Waals surface area contributed by atoms with Crippen LogP contribution in [0.4, 0.5) is 8.78 Å². The average Bonchev–Trinajstić information content (AvgIpc) is 3.15. The Balaban J connectivity index is 1.35. The summed E-state index contributed by atoms with van der Waals surface area (Å²) in [6, 6.07) is 19.1. The van der Waals surface area contributed by atoms with E-state index in [2.05, 4.69) is 59.2 Å². The number of halogens is 2. The molecule has 0 saturated carbocycles. The van der Waals surface area contributed by atoms with Gasteiger partial charge >= 0.3 is 0 Å². The molecule has 5 rings (SSSR count). The normalized spacial score (nSPS) is 15.5. The summed E-state index contributed by atoms with van der Waals surface area (Å²) in [6.45, 7) is 3.26. The Labute approximate surface area is 199 Å². The highest BCUT2D eigenvalue weighted by Gasteiger charge is 2.20. The van der Waals surface area contributed by atoms with Gasteiger partial charge in [-0.05, 0) is 81.0 Å². The van der Waals surface area contributed by atoms with E-state index in [1.54, 1.807) is 0 Å². The fourth-order valence-electron chi connectivity index (χ4n) is 4.97. The monoisotopic (exact) mass is 460 g/mol. The molecule has 3 aromatic carbocycles. The first-order chi connectivity index (χ1) is 16.4. The Hall–Kier alpha value is -3.09. The first-order valence-corrected chi connectivity index (χ1v) is 11.8. The van der Waals surface area contributed by atoms with E-state index in [-0.39, 0.29) is 0 Å². The number of hydrogen-bond donors (Lipinski definition) is 0. The van der Waals surface area contributed by atoms with E-state index in [1.165, 1.54) is 30.5 Å². The van der Waals surface area contributed by atoms with Crippen LogP contribution in [0.3, 0.4) is 0 Å². The molecule has 4 nitrogen and oxygen atoms in total. The molecule has 0 amide bonds. The second kappa shape index (κ2) is 9.28. The van der Waals surface area contributed by atoms with Crippen molar-refractivity contribution in [1.29, 1.82) is 0 Å². The molecule has 1 fully saturated rings. The standard InChI is InChI=1S/C28H30F2N4/c1-32(2)25-10-12-34(13-11-25)18-19-4-6-20(7-5-19)21-8-9-26-27(16-21)33(3)28(31-26)22-14-23(29)17-24(30)15-22/h4-9,14-17,25H,10-13,18H2,1-3H3. The van der Waals surface area contributed by atoms with E-state index in [9.17, 15) is 8.78 Å². The largest absolute Gasteiger partial charge is 0.327 e. The number of aromatic nitrogens is 2. The molecule has 34 heavy (non-hydrogen) atoms. The van der Waals surface area contributed by atoms with Gasteiger partial charge < -0.3 is 9.47 Å². The molecule has 0 atom stereocenters. The average molecular weight is 461 g/mol. The maximum absolute atomic E-state index is 13.7. The predicted octanol–water partition coefficient (Wildman–Crippen LogP) is 5.71. The molecule has 1 aliphatic heterocycles. The number of nitrogens with zero attached hydrogens (tertiary/aromatic N) is 4. The van der Waals surface area contributed by atoms with Gasteiger partial charge in [0.2, 0.25) is 0 Å². The molecule has 0 aliphatic carbocycles. The number of likely N-dealkylation sites (tertiary alicyclic amines) is 1. The van der Waals surface area contributed by atoms with Crippen molar-refractivity contribution in [2.75, 3.05) is 27.2 Å². The molecule has 0 unspecified atom stereocenters. The zero-order valence-corrected chi connectivity index (χ0v) is 19.9. The van der Waals surface area contributed by atoms with Gasteiger partial charge in [-0.3, -0.25) is 4.90 Å². The van der Waals surface area contributed by atoms with Crippen LogP contribution in [0, 0.1) is 11.6 Å². The molecule has 1 aliphatic rings. The Morgan fingerprint density at radius 2 is 1.50 bits per heavy atom. The van der Waals surface area contributed by atoms with Crippen LogP contribution in [0.2, 0.25) is 0 Å². The summed E-state index contributed by atoms with van der Waals surface area (Å²) in [5.74, 6) is -0.672. The van der Waals surface area contributed by atoms with Crippen molar-refractivity contribution in [3.63, 3.8) is 0 Å². The molecular weight excluding hydrogens is 430 g/mol. The summed E-state index contributed by atoms with van der Waals surface area (Å²) < 4.78 is 29.4. The summed E-state index contributed by atoms with van der Waals surface area (Å²) >= 11 is 0. The minimum absolute atomic E-state index is 0.428. The van der Waals surface area contributed by atoms with E-state index in [0.29, 0.717) is 17.4 Å². The van der Waals surface area contributed by atoms with Crippen LogP contribution in [0.25, 0.3) is 33.5 Å². The minimum Gasteiger partial charge on any atom is -0.327 e. The molecule has 176 valence electrons. The van der Waals surface area contributed by atoms with Crippen molar-refractivity contribution >= 4 is 11.0 Å². The lowest BCUT2D eigenvalue weighted by atomic mass is 10.0. The van der Waals surface area contributed by atoms with Gasteiger partial charge in [-0.1, -0.05) is 30.3 Å². The van der Waals surface area contributed by atoms with Crippen molar-refractivity contribution in [3.8, 4) is 22.5 Å². The SMILES string of the molecule is CN(C)C1CCN(Cc2ccc(-c3ccc4nc(-c5cc(F)cc(F)c5)n(C)c4c3)cc2)CC1. The summed E-state index contributed by atoms with van der Waals surface area (Å²) in [5, 5.41) is 0. The molecule has 0 spiro atoms. The van der Waals surface area contributed by atoms with E-state index < -0.39 is 11.6 Å². The number of rotatable bonds is 5. The summed E-state index contributed by atoms with van der Waals surface area (Å²) in [7, 11) is 6.22. The van der Waals surface area contributed by atoms with Gasteiger partial charge in [0.05, 0.1) is 11.0 Å². The Morgan fingerprint density at radius 3 is 2.15 bits per heavy atom. The van der Waals surface area contributed by atoms with E-state index in [0.717, 1.165) is 47.9 Å². The van der Waals surface area contributed by atoms with Crippen molar-refractivity contribution in [1.82, 2.24) is 19.4 Å². The van der Waals surface area contributed by atoms with Crippen LogP contribution >= 0.6 is 0 Å². The molecule has 6 heteroatoms. The van der Waals surface area contributed by atoms with Gasteiger partial charge in [-0.2, -0.15) is 0 Å². The number of hydrogen-bond acceptors (Lipinski definition) is 3. The van der Waals surface area contributed by atoms with Crippen molar-refractivity contribution in [3.05, 3.63) is 77.9 Å². The maximum atomic E-state index is 13.7. The van der Waals surface area contributed by atoms with Crippen LogP contribution in [0.1, 0.15) is 18.4 Å². The summed E-state index contributed by atoms with van der Waals surface area (Å²) in [5.41, 5.74) is 5.69. The molecule has 2 heterocycles. The second-order valence-corrected chi connectivity index (χ2v) is 9.52. The molecular formula is C28H30F2N4. The first kappa shape index (κ1) is 22.7. The van der Waals surface area contributed by atoms with Crippen LogP contribution < -0.4 is 0 Å². The topological polar surface area (TPSA) is 24.3 Å². The van der Waals surface area contributed by atoms with Crippen molar-refractivity contribution in [2.45, 2.75) is 25.4 Å². The Morgan fingerprint density at radius 1 is 0.853 bits per heavy atom. The van der Waals surface area contributed by atoms with Gasteiger partial charge in [0.15, 0.2) is 0 Å². The highest BCUT2D eigenvalue weighted by Crippen LogP contribution is 2.29. The van der Waals surface area contributed by atoms with Gasteiger partial charge in [0.1, 0.15) is 17.5 Å². The zero-order chi connectivity index (χ0) is 23.8. The van der Waals surface area contributed by atoms with Crippen molar-refractivity contribution < 1.29 is 8.78 Å². The van der Waals surface area contributed by atoms with E-state index >= 15 is 0 Å². The number of benzene rings is 3. The molecule has 0 bridgehead atoms. The van der Waals surface area contributed by atoms with Crippen LogP contribution in [-0.4, -0.2) is 52.6 Å². The summed E-state index contributed by atoms with van der Waals surface area (Å²) in [6.07, 6.45) is 2.44. The highest BCUT2D eigenvalue weighted by molar-refractivity contribution is 5.85.